The van der Waals surface area contributed by atoms with E-state index in [9.17, 15) is 45.6 Å². The van der Waals surface area contributed by atoms with Crippen molar-refractivity contribution in [3.63, 3.8) is 0 Å². The van der Waals surface area contributed by atoms with Crippen molar-refractivity contribution in [1.82, 2.24) is 5.32 Å². The number of nitrogens with one attached hydrogen (secondary N) is 1. The van der Waals surface area contributed by atoms with E-state index in [1.165, 1.54) is 180 Å². The molecule has 0 aliphatic carbocycles. The Balaban J connectivity index is 1.56. The lowest BCUT2D eigenvalue weighted by Gasteiger charge is -2.46. The number of unbranched alkanes of at least 4 members (excludes halogenated alkanes) is 33. The molecule has 91 heavy (non-hydrogen) atoms. The molecule has 0 aromatic heterocycles. The van der Waals surface area contributed by atoms with Gasteiger partial charge in [0.1, 0.15) is 48.8 Å². The van der Waals surface area contributed by atoms with Crippen LogP contribution in [0.2, 0.25) is 0 Å². The number of amides is 1. The fourth-order valence-electron chi connectivity index (χ4n) is 11.6. The van der Waals surface area contributed by atoms with Crippen molar-refractivity contribution in [2.75, 3.05) is 19.8 Å². The quantitative estimate of drug-likeness (QED) is 0.0204. The van der Waals surface area contributed by atoms with Crippen LogP contribution in [0.3, 0.4) is 0 Å². The highest BCUT2D eigenvalue weighted by Gasteiger charge is 2.51. The predicted octanol–water partition coefficient (Wildman–Crippen LogP) is 15.7. The standard InChI is InChI=1S/C77H135NO13/c1-3-5-7-9-11-13-15-17-19-21-22-23-24-25-26-27-28-29-30-31-32-33-34-35-36-37-38-39-40-41-42-43-44-45-47-49-51-53-55-57-59-61-69(82)78-65(66(81)60-58-56-54-52-50-48-46-20-18-16-14-12-10-8-6-4-2)64-88-76-74(87)72(85)75(68(63-80)90-76)91-77-73(86)71(84)70(83)67(62-79)89-77/h5,7,11,13,17-20,22-23,25-26,50,52,58,60,65-68,70-77,79-81,83-87H,3-4,6,8-10,12,14-16,21,24,27-49,51,53-57,59,61-64H2,1-2H3,(H,78,82)/b7-5-,13-11-,19-17-,20-18+,23-22-,26-25-,52-50+,60-58+. The minimum Gasteiger partial charge on any atom is -0.394 e. The summed E-state index contributed by atoms with van der Waals surface area (Å²) in [7, 11) is 0. The van der Waals surface area contributed by atoms with E-state index in [-0.39, 0.29) is 18.9 Å². The number of aliphatic hydroxyl groups excluding tert-OH is 8. The summed E-state index contributed by atoms with van der Waals surface area (Å²) in [6.45, 7) is 2.66. The van der Waals surface area contributed by atoms with Gasteiger partial charge in [-0.3, -0.25) is 4.79 Å². The Bertz CT molecular complexity index is 1900. The number of allylic oxidation sites excluding steroid dienone is 15. The number of rotatable bonds is 60. The molecule has 526 valence electrons. The van der Waals surface area contributed by atoms with Crippen LogP contribution in [0, 0.1) is 0 Å². The van der Waals surface area contributed by atoms with Crippen LogP contribution < -0.4 is 5.32 Å². The molecule has 2 rings (SSSR count). The summed E-state index contributed by atoms with van der Waals surface area (Å²) in [4.78, 5) is 13.3. The van der Waals surface area contributed by atoms with Gasteiger partial charge >= 0.3 is 0 Å². The second-order valence-electron chi connectivity index (χ2n) is 25.7. The first-order valence-corrected chi connectivity index (χ1v) is 37.0. The van der Waals surface area contributed by atoms with Crippen LogP contribution in [0.25, 0.3) is 0 Å². The highest BCUT2D eigenvalue weighted by molar-refractivity contribution is 5.76. The van der Waals surface area contributed by atoms with Gasteiger partial charge in [0, 0.05) is 6.42 Å². The van der Waals surface area contributed by atoms with E-state index in [2.05, 4.69) is 104 Å². The molecule has 12 atom stereocenters. The number of carbonyl (C=O) groups excluding carboxylic acids is 1. The van der Waals surface area contributed by atoms with E-state index in [1.807, 2.05) is 6.08 Å². The molecule has 2 saturated heterocycles. The third-order valence-electron chi connectivity index (χ3n) is 17.5. The number of ether oxygens (including phenoxy) is 4. The zero-order valence-electron chi connectivity index (χ0n) is 57.3. The van der Waals surface area contributed by atoms with Crippen LogP contribution in [-0.4, -0.2) is 140 Å². The van der Waals surface area contributed by atoms with Gasteiger partial charge in [-0.1, -0.05) is 291 Å². The van der Waals surface area contributed by atoms with Gasteiger partial charge in [-0.25, -0.2) is 0 Å². The molecule has 2 heterocycles. The molecule has 2 aliphatic rings. The van der Waals surface area contributed by atoms with Gasteiger partial charge in [-0.05, 0) is 89.9 Å². The highest BCUT2D eigenvalue weighted by atomic mass is 16.7. The summed E-state index contributed by atoms with van der Waals surface area (Å²) in [5, 5.41) is 87.3. The lowest BCUT2D eigenvalue weighted by molar-refractivity contribution is -0.359. The van der Waals surface area contributed by atoms with Crippen molar-refractivity contribution in [3.05, 3.63) is 97.2 Å². The van der Waals surface area contributed by atoms with Gasteiger partial charge in [0.2, 0.25) is 5.91 Å². The first-order chi connectivity index (χ1) is 44.6. The summed E-state index contributed by atoms with van der Waals surface area (Å²) >= 11 is 0. The van der Waals surface area contributed by atoms with Gasteiger partial charge in [-0.15, -0.1) is 0 Å². The van der Waals surface area contributed by atoms with Gasteiger partial charge in [0.05, 0.1) is 32.0 Å². The van der Waals surface area contributed by atoms with Crippen molar-refractivity contribution in [3.8, 4) is 0 Å². The third kappa shape index (κ3) is 44.3. The molecular formula is C77H135NO13. The highest BCUT2D eigenvalue weighted by Crippen LogP contribution is 2.30. The average Bonchev–Trinajstić information content (AvgIpc) is 1.24. The van der Waals surface area contributed by atoms with Crippen LogP contribution in [-0.2, 0) is 23.7 Å². The van der Waals surface area contributed by atoms with Crippen LogP contribution in [0.1, 0.15) is 290 Å². The van der Waals surface area contributed by atoms with Crippen molar-refractivity contribution >= 4 is 5.91 Å². The second kappa shape index (κ2) is 60.6. The van der Waals surface area contributed by atoms with Crippen LogP contribution in [0.5, 0.6) is 0 Å². The maximum Gasteiger partial charge on any atom is 0.220 e. The Morgan fingerprint density at radius 2 is 0.769 bits per heavy atom. The minimum atomic E-state index is -1.79. The van der Waals surface area contributed by atoms with Crippen LogP contribution >= 0.6 is 0 Å². The first-order valence-electron chi connectivity index (χ1n) is 37.0. The summed E-state index contributed by atoms with van der Waals surface area (Å²) in [5.41, 5.74) is 0. The number of carbonyl (C=O) groups is 1. The molecule has 14 nitrogen and oxygen atoms in total. The molecule has 0 spiro atoms. The van der Waals surface area contributed by atoms with Gasteiger partial charge in [-0.2, -0.15) is 0 Å². The van der Waals surface area contributed by atoms with Crippen molar-refractivity contribution in [2.45, 2.75) is 364 Å². The van der Waals surface area contributed by atoms with Crippen molar-refractivity contribution in [1.29, 1.82) is 0 Å². The van der Waals surface area contributed by atoms with E-state index in [0.29, 0.717) is 12.8 Å². The number of hydrogen-bond acceptors (Lipinski definition) is 13. The zero-order chi connectivity index (χ0) is 65.9. The van der Waals surface area contributed by atoms with Crippen molar-refractivity contribution < 1.29 is 64.6 Å². The number of aliphatic hydroxyl groups is 8. The molecule has 0 radical (unpaired) electrons. The molecule has 0 saturated carbocycles. The van der Waals surface area contributed by atoms with Crippen LogP contribution in [0.4, 0.5) is 0 Å². The topological polar surface area (TPSA) is 228 Å². The van der Waals surface area contributed by atoms with Gasteiger partial charge in [0.25, 0.3) is 0 Å². The Labute approximate surface area is 553 Å². The van der Waals surface area contributed by atoms with Crippen molar-refractivity contribution in [2.24, 2.45) is 0 Å². The zero-order valence-corrected chi connectivity index (χ0v) is 57.3. The largest absolute Gasteiger partial charge is 0.394 e. The average molecular weight is 1280 g/mol. The molecule has 2 fully saturated rings. The normalized spacial score (nSPS) is 23.4. The van der Waals surface area contributed by atoms with Crippen LogP contribution in [0.15, 0.2) is 97.2 Å². The van der Waals surface area contributed by atoms with E-state index >= 15 is 0 Å². The molecule has 0 aromatic rings. The molecule has 0 aromatic carbocycles. The summed E-state index contributed by atoms with van der Waals surface area (Å²) in [5.74, 6) is -0.251. The monoisotopic (exact) mass is 1280 g/mol. The SMILES string of the molecule is CC/C=C\C/C=C\C/C=C\C/C=C\C/C=C\CCCCCCCCCCCCCCCCCCCCCCCCCCCC(=O)NC(COC1OC(CO)C(OC2OC(CO)C(O)C(O)C2O)C(O)C1O)C(O)/C=C/CC/C=C/CC/C=C/CCCCCCCC. The Kier molecular flexibility index (Phi) is 55.9. The smallest absolute Gasteiger partial charge is 0.220 e. The fourth-order valence-corrected chi connectivity index (χ4v) is 11.6. The lowest BCUT2D eigenvalue weighted by Crippen LogP contribution is -2.65. The minimum absolute atomic E-state index is 0.251. The summed E-state index contributed by atoms with van der Waals surface area (Å²) < 4.78 is 22.8. The molecule has 12 unspecified atom stereocenters. The van der Waals surface area contributed by atoms with Gasteiger partial charge in [0.15, 0.2) is 12.6 Å². The summed E-state index contributed by atoms with van der Waals surface area (Å²) in [6.07, 6.45) is 69.2. The third-order valence-corrected chi connectivity index (χ3v) is 17.5. The van der Waals surface area contributed by atoms with E-state index in [0.717, 1.165) is 77.0 Å². The maximum absolute atomic E-state index is 13.3. The molecule has 2 aliphatic heterocycles. The molecule has 14 heteroatoms. The Morgan fingerprint density at radius 1 is 0.407 bits per heavy atom. The van der Waals surface area contributed by atoms with E-state index in [4.69, 9.17) is 18.9 Å². The molecule has 9 N–H and O–H groups in total. The van der Waals surface area contributed by atoms with E-state index < -0.39 is 86.8 Å². The fraction of sp³-hybridized carbons (Fsp3) is 0.779. The molecule has 1 amide bonds. The first kappa shape index (κ1) is 84.0. The van der Waals surface area contributed by atoms with E-state index in [1.54, 1.807) is 6.08 Å². The van der Waals surface area contributed by atoms with Gasteiger partial charge < -0.3 is 65.1 Å². The Morgan fingerprint density at radius 3 is 1.21 bits per heavy atom. The molecule has 0 bridgehead atoms. The second-order valence-corrected chi connectivity index (χ2v) is 25.7. The number of hydrogen-bond donors (Lipinski definition) is 9. The predicted molar refractivity (Wildman–Crippen MR) is 373 cm³/mol. The Hall–Kier alpha value is -3.09. The maximum atomic E-state index is 13.3. The summed E-state index contributed by atoms with van der Waals surface area (Å²) in [6, 6.07) is -0.940. The molecular weight excluding hydrogens is 1150 g/mol. The lowest BCUT2D eigenvalue weighted by atomic mass is 9.97.